The van der Waals surface area contributed by atoms with Crippen LogP contribution in [-0.4, -0.2) is 61.5 Å². The van der Waals surface area contributed by atoms with E-state index in [9.17, 15) is 8.42 Å². The lowest BCUT2D eigenvalue weighted by Crippen LogP contribution is -2.48. The third kappa shape index (κ3) is 6.36. The Morgan fingerprint density at radius 2 is 1.56 bits per heavy atom. The van der Waals surface area contributed by atoms with Crippen LogP contribution in [0.4, 0.5) is 0 Å². The molecule has 0 saturated carbocycles. The summed E-state index contributed by atoms with van der Waals surface area (Å²) in [5.74, 6) is -0.499. The maximum absolute atomic E-state index is 11.4. The molecule has 0 spiro atoms. The fraction of sp³-hybridized carbons (Fsp3) is 1.00. The molecule has 16 heavy (non-hydrogen) atoms. The molecular weight excluding hydrogens is 238 g/mol. The standard InChI is InChI=1S/C8H19NO6S/c9-8(1-3-10,2-4-11)7-16(13,14)15-6-5-12/h10-12H,1-7,9H2. The van der Waals surface area contributed by atoms with Gasteiger partial charge in [-0.05, 0) is 12.8 Å². The van der Waals surface area contributed by atoms with E-state index in [-0.39, 0.29) is 32.7 Å². The highest BCUT2D eigenvalue weighted by molar-refractivity contribution is 7.86. The second kappa shape index (κ2) is 7.15. The van der Waals surface area contributed by atoms with E-state index in [0.717, 1.165) is 0 Å². The van der Waals surface area contributed by atoms with Gasteiger partial charge in [0.1, 0.15) is 0 Å². The van der Waals surface area contributed by atoms with Crippen molar-refractivity contribution in [1.29, 1.82) is 0 Å². The molecule has 0 saturated heterocycles. The van der Waals surface area contributed by atoms with Gasteiger partial charge in [-0.15, -0.1) is 0 Å². The SMILES string of the molecule is NC(CCO)(CCO)CS(=O)(=O)OCCO. The molecule has 0 aliphatic rings. The second-order valence-corrected chi connectivity index (χ2v) is 5.20. The Balaban J connectivity index is 4.48. The molecule has 0 aliphatic heterocycles. The fourth-order valence-corrected chi connectivity index (χ4v) is 2.68. The predicted octanol–water partition coefficient (Wildman–Crippen LogP) is -2.21. The number of rotatable bonds is 9. The van der Waals surface area contributed by atoms with Crippen LogP contribution < -0.4 is 5.73 Å². The van der Waals surface area contributed by atoms with Crippen molar-refractivity contribution in [2.45, 2.75) is 18.4 Å². The lowest BCUT2D eigenvalue weighted by molar-refractivity contribution is 0.190. The van der Waals surface area contributed by atoms with Crippen LogP contribution in [0.25, 0.3) is 0 Å². The van der Waals surface area contributed by atoms with Crippen LogP contribution in [0.15, 0.2) is 0 Å². The largest absolute Gasteiger partial charge is 0.396 e. The molecule has 0 bridgehead atoms. The molecule has 0 amide bonds. The van der Waals surface area contributed by atoms with Gasteiger partial charge in [0.05, 0.1) is 19.0 Å². The van der Waals surface area contributed by atoms with Crippen molar-refractivity contribution in [3.8, 4) is 0 Å². The molecule has 0 rings (SSSR count). The van der Waals surface area contributed by atoms with E-state index < -0.39 is 28.0 Å². The molecule has 0 radical (unpaired) electrons. The predicted molar refractivity (Wildman–Crippen MR) is 57.1 cm³/mol. The Hall–Kier alpha value is -0.250. The van der Waals surface area contributed by atoms with Gasteiger partial charge in [-0.2, -0.15) is 8.42 Å². The molecule has 0 aromatic rings. The summed E-state index contributed by atoms with van der Waals surface area (Å²) in [5, 5.41) is 26.0. The first-order valence-corrected chi connectivity index (χ1v) is 6.45. The van der Waals surface area contributed by atoms with Crippen molar-refractivity contribution in [2.24, 2.45) is 5.73 Å². The Labute approximate surface area is 95.0 Å². The lowest BCUT2D eigenvalue weighted by atomic mass is 9.96. The van der Waals surface area contributed by atoms with E-state index in [2.05, 4.69) is 4.18 Å². The van der Waals surface area contributed by atoms with Crippen LogP contribution >= 0.6 is 0 Å². The van der Waals surface area contributed by atoms with Gasteiger partial charge in [0.15, 0.2) is 0 Å². The summed E-state index contributed by atoms with van der Waals surface area (Å²) >= 11 is 0. The van der Waals surface area contributed by atoms with Crippen molar-refractivity contribution in [3.05, 3.63) is 0 Å². The van der Waals surface area contributed by atoms with Crippen LogP contribution in [0.5, 0.6) is 0 Å². The van der Waals surface area contributed by atoms with Crippen LogP contribution in [0.1, 0.15) is 12.8 Å². The van der Waals surface area contributed by atoms with Gasteiger partial charge >= 0.3 is 0 Å². The van der Waals surface area contributed by atoms with Crippen LogP contribution in [-0.2, 0) is 14.3 Å². The van der Waals surface area contributed by atoms with Gasteiger partial charge in [0.25, 0.3) is 10.1 Å². The number of aliphatic hydroxyl groups is 3. The van der Waals surface area contributed by atoms with Crippen molar-refractivity contribution in [1.82, 2.24) is 0 Å². The van der Waals surface area contributed by atoms with Gasteiger partial charge in [0, 0.05) is 18.8 Å². The normalized spacial score (nSPS) is 13.0. The zero-order valence-corrected chi connectivity index (χ0v) is 9.82. The zero-order chi connectivity index (χ0) is 12.7. The summed E-state index contributed by atoms with van der Waals surface area (Å²) < 4.78 is 27.2. The number of hydrogen-bond acceptors (Lipinski definition) is 7. The van der Waals surface area contributed by atoms with Crippen molar-refractivity contribution >= 4 is 10.1 Å². The van der Waals surface area contributed by atoms with E-state index in [0.29, 0.717) is 0 Å². The molecule has 0 fully saturated rings. The number of nitrogens with two attached hydrogens (primary N) is 1. The Bertz CT molecular complexity index is 272. The van der Waals surface area contributed by atoms with Crippen molar-refractivity contribution in [2.75, 3.05) is 32.2 Å². The number of aliphatic hydroxyl groups excluding tert-OH is 3. The van der Waals surface area contributed by atoms with Crippen molar-refractivity contribution in [3.63, 3.8) is 0 Å². The van der Waals surface area contributed by atoms with E-state index >= 15 is 0 Å². The summed E-state index contributed by atoms with van der Waals surface area (Å²) in [4.78, 5) is 0. The first-order valence-electron chi connectivity index (χ1n) is 4.88. The molecule has 0 unspecified atom stereocenters. The highest BCUT2D eigenvalue weighted by Gasteiger charge is 2.31. The third-order valence-electron chi connectivity index (χ3n) is 2.04. The molecule has 0 aromatic carbocycles. The Morgan fingerprint density at radius 3 is 1.94 bits per heavy atom. The van der Waals surface area contributed by atoms with E-state index in [4.69, 9.17) is 21.1 Å². The molecule has 0 aliphatic carbocycles. The van der Waals surface area contributed by atoms with E-state index in [1.165, 1.54) is 0 Å². The van der Waals surface area contributed by atoms with Crippen LogP contribution in [0, 0.1) is 0 Å². The summed E-state index contributed by atoms with van der Waals surface area (Å²) in [6.45, 7) is -1.27. The highest BCUT2D eigenvalue weighted by atomic mass is 32.2. The van der Waals surface area contributed by atoms with Gasteiger partial charge in [-0.25, -0.2) is 0 Å². The molecule has 0 aromatic heterocycles. The van der Waals surface area contributed by atoms with Gasteiger partial charge in [0.2, 0.25) is 0 Å². The minimum absolute atomic E-state index is 0.0509. The zero-order valence-electron chi connectivity index (χ0n) is 9.00. The highest BCUT2D eigenvalue weighted by Crippen LogP contribution is 2.15. The quantitative estimate of drug-likeness (QED) is 0.344. The molecule has 0 atom stereocenters. The summed E-state index contributed by atoms with van der Waals surface area (Å²) in [6, 6.07) is 0. The lowest BCUT2D eigenvalue weighted by Gasteiger charge is -2.27. The second-order valence-electron chi connectivity index (χ2n) is 3.56. The smallest absolute Gasteiger partial charge is 0.269 e. The van der Waals surface area contributed by atoms with Crippen molar-refractivity contribution < 1.29 is 27.9 Å². The fourth-order valence-electron chi connectivity index (χ4n) is 1.27. The summed E-state index contributed by atoms with van der Waals surface area (Å²) in [7, 11) is -3.85. The number of hydrogen-bond donors (Lipinski definition) is 4. The van der Waals surface area contributed by atoms with Crippen LogP contribution in [0.3, 0.4) is 0 Å². The first kappa shape index (κ1) is 15.8. The maximum Gasteiger partial charge on any atom is 0.269 e. The minimum Gasteiger partial charge on any atom is -0.396 e. The molecule has 98 valence electrons. The average Bonchev–Trinajstić information content (AvgIpc) is 2.14. The van der Waals surface area contributed by atoms with E-state index in [1.54, 1.807) is 0 Å². The maximum atomic E-state index is 11.4. The first-order chi connectivity index (χ1) is 7.39. The summed E-state index contributed by atoms with van der Waals surface area (Å²) in [5.41, 5.74) is 4.52. The summed E-state index contributed by atoms with van der Waals surface area (Å²) in [6.07, 6.45) is 0.102. The molecular formula is C8H19NO6S. The molecule has 8 heteroatoms. The van der Waals surface area contributed by atoms with Crippen LogP contribution in [0.2, 0.25) is 0 Å². The topological polar surface area (TPSA) is 130 Å². The Kier molecular flexibility index (Phi) is 7.04. The average molecular weight is 257 g/mol. The van der Waals surface area contributed by atoms with Gasteiger partial charge < -0.3 is 21.1 Å². The minimum atomic E-state index is -3.85. The molecule has 0 heterocycles. The van der Waals surface area contributed by atoms with Gasteiger partial charge in [-0.1, -0.05) is 0 Å². The monoisotopic (exact) mass is 257 g/mol. The molecule has 7 nitrogen and oxygen atoms in total. The van der Waals surface area contributed by atoms with Gasteiger partial charge in [-0.3, -0.25) is 4.18 Å². The van der Waals surface area contributed by atoms with E-state index in [1.807, 2.05) is 0 Å². The third-order valence-corrected chi connectivity index (χ3v) is 3.49. The molecule has 5 N–H and O–H groups in total. The Morgan fingerprint density at radius 1 is 1.06 bits per heavy atom.